The monoisotopic (exact) mass is 381 g/mol. The fourth-order valence-electron chi connectivity index (χ4n) is 4.06. The van der Waals surface area contributed by atoms with Crippen molar-refractivity contribution in [3.05, 3.63) is 46.3 Å². The van der Waals surface area contributed by atoms with E-state index in [-0.39, 0.29) is 17.9 Å². The summed E-state index contributed by atoms with van der Waals surface area (Å²) in [6, 6.07) is 5.67. The van der Waals surface area contributed by atoms with Gasteiger partial charge in [-0.15, -0.1) is 0 Å². The van der Waals surface area contributed by atoms with Crippen molar-refractivity contribution >= 4 is 17.5 Å². The average molecular weight is 381 g/mol. The summed E-state index contributed by atoms with van der Waals surface area (Å²) >= 11 is 0. The second kappa shape index (κ2) is 8.14. The van der Waals surface area contributed by atoms with Gasteiger partial charge in [-0.3, -0.25) is 14.7 Å². The van der Waals surface area contributed by atoms with Crippen molar-refractivity contribution in [2.24, 2.45) is 0 Å². The van der Waals surface area contributed by atoms with Crippen molar-refractivity contribution in [2.75, 3.05) is 11.9 Å². The van der Waals surface area contributed by atoms with Crippen LogP contribution in [0.5, 0.6) is 0 Å². The number of carbonyl (C=O) groups is 2. The molecule has 0 unspecified atom stereocenters. The van der Waals surface area contributed by atoms with Crippen molar-refractivity contribution in [3.63, 3.8) is 0 Å². The van der Waals surface area contributed by atoms with Crippen molar-refractivity contribution in [3.8, 4) is 0 Å². The molecule has 4 N–H and O–H groups in total. The molecule has 4 rings (SSSR count). The van der Waals surface area contributed by atoms with E-state index in [1.54, 1.807) is 12.1 Å². The normalized spacial score (nSPS) is 17.0. The molecule has 1 saturated carbocycles. The quantitative estimate of drug-likeness (QED) is 0.654. The summed E-state index contributed by atoms with van der Waals surface area (Å²) in [4.78, 5) is 25.2. The standard InChI is InChI=1S/C21H27N5O2/c1-13-11-14(20(27)23-15-5-3-2-4-6-15)7-8-17(13)24-21(28)19-16-12-22-10-9-18(16)25-26-19/h7-8,11,15,22H,2-6,9-10,12H2,1H3,(H,23,27)(H,24,28)(H,25,26). The number of hydrogen-bond acceptors (Lipinski definition) is 4. The van der Waals surface area contributed by atoms with Gasteiger partial charge in [0.25, 0.3) is 11.8 Å². The van der Waals surface area contributed by atoms with Crippen LogP contribution in [0.1, 0.15) is 69.8 Å². The number of fused-ring (bicyclic) bond motifs is 1. The SMILES string of the molecule is Cc1cc(C(=O)NC2CCCCC2)ccc1NC(=O)c1n[nH]c2c1CNCC2. The fourth-order valence-corrected chi connectivity index (χ4v) is 4.06. The van der Waals surface area contributed by atoms with Crippen LogP contribution in [-0.4, -0.2) is 34.6 Å². The van der Waals surface area contributed by atoms with Crippen LogP contribution < -0.4 is 16.0 Å². The lowest BCUT2D eigenvalue weighted by Gasteiger charge is -2.23. The van der Waals surface area contributed by atoms with E-state index in [2.05, 4.69) is 26.1 Å². The number of amides is 2. The topological polar surface area (TPSA) is 98.9 Å². The molecule has 0 saturated heterocycles. The summed E-state index contributed by atoms with van der Waals surface area (Å²) in [5, 5.41) is 16.5. The molecule has 1 aromatic heterocycles. The highest BCUT2D eigenvalue weighted by atomic mass is 16.2. The van der Waals surface area contributed by atoms with Gasteiger partial charge in [-0.2, -0.15) is 5.10 Å². The number of rotatable bonds is 4. The summed E-state index contributed by atoms with van der Waals surface area (Å²) in [6.07, 6.45) is 6.58. The van der Waals surface area contributed by atoms with Gasteiger partial charge in [-0.1, -0.05) is 19.3 Å². The minimum Gasteiger partial charge on any atom is -0.349 e. The molecule has 1 aromatic carbocycles. The Labute approximate surface area is 164 Å². The molecule has 1 aliphatic carbocycles. The third kappa shape index (κ3) is 3.94. The smallest absolute Gasteiger partial charge is 0.276 e. The van der Waals surface area contributed by atoms with Crippen LogP contribution in [0.25, 0.3) is 0 Å². The summed E-state index contributed by atoms with van der Waals surface area (Å²) in [5.41, 5.74) is 4.57. The Kier molecular flexibility index (Phi) is 5.43. The van der Waals surface area contributed by atoms with Gasteiger partial charge in [-0.25, -0.2) is 0 Å². The van der Waals surface area contributed by atoms with Crippen molar-refractivity contribution < 1.29 is 9.59 Å². The lowest BCUT2D eigenvalue weighted by molar-refractivity contribution is 0.0927. The summed E-state index contributed by atoms with van der Waals surface area (Å²) in [6.45, 7) is 3.43. The number of hydrogen-bond donors (Lipinski definition) is 4. The molecule has 0 radical (unpaired) electrons. The van der Waals surface area contributed by atoms with Gasteiger partial charge in [0.2, 0.25) is 0 Å². The lowest BCUT2D eigenvalue weighted by atomic mass is 9.95. The summed E-state index contributed by atoms with van der Waals surface area (Å²) in [7, 11) is 0. The van der Waals surface area contributed by atoms with Gasteiger partial charge in [0, 0.05) is 48.1 Å². The number of aromatic amines is 1. The van der Waals surface area contributed by atoms with Crippen LogP contribution in [0, 0.1) is 6.92 Å². The molecule has 1 fully saturated rings. The van der Waals surface area contributed by atoms with E-state index in [9.17, 15) is 9.59 Å². The van der Waals surface area contributed by atoms with Crippen LogP contribution >= 0.6 is 0 Å². The number of nitrogens with one attached hydrogen (secondary N) is 4. The third-order valence-electron chi connectivity index (χ3n) is 5.70. The number of aromatic nitrogens is 2. The molecule has 2 aliphatic rings. The molecule has 0 bridgehead atoms. The van der Waals surface area contributed by atoms with Crippen LogP contribution in [0.2, 0.25) is 0 Å². The molecule has 0 spiro atoms. The van der Waals surface area contributed by atoms with Crippen LogP contribution in [-0.2, 0) is 13.0 Å². The number of H-pyrrole nitrogens is 1. The Morgan fingerprint density at radius 2 is 1.96 bits per heavy atom. The summed E-state index contributed by atoms with van der Waals surface area (Å²) in [5.74, 6) is -0.274. The predicted octanol–water partition coefficient (Wildman–Crippen LogP) is 2.68. The largest absolute Gasteiger partial charge is 0.349 e. The second-order valence-electron chi connectivity index (χ2n) is 7.75. The maximum absolute atomic E-state index is 12.7. The Morgan fingerprint density at radius 3 is 2.75 bits per heavy atom. The van der Waals surface area contributed by atoms with Gasteiger partial charge < -0.3 is 16.0 Å². The zero-order chi connectivity index (χ0) is 19.5. The third-order valence-corrected chi connectivity index (χ3v) is 5.70. The second-order valence-corrected chi connectivity index (χ2v) is 7.75. The van der Waals surface area contributed by atoms with E-state index in [1.807, 2.05) is 13.0 Å². The minimum absolute atomic E-state index is 0.0414. The van der Waals surface area contributed by atoms with E-state index in [4.69, 9.17) is 0 Å². The first-order valence-electron chi connectivity index (χ1n) is 10.1. The Balaban J connectivity index is 1.43. The van der Waals surface area contributed by atoms with Gasteiger partial charge in [0.1, 0.15) is 0 Å². The fraction of sp³-hybridized carbons (Fsp3) is 0.476. The van der Waals surface area contributed by atoms with Crippen LogP contribution in [0.15, 0.2) is 18.2 Å². The molecule has 2 heterocycles. The van der Waals surface area contributed by atoms with Crippen molar-refractivity contribution in [2.45, 2.75) is 58.0 Å². The summed E-state index contributed by atoms with van der Waals surface area (Å²) < 4.78 is 0. The first-order chi connectivity index (χ1) is 13.6. The van der Waals surface area contributed by atoms with Gasteiger partial charge >= 0.3 is 0 Å². The molecular formula is C21H27N5O2. The first kappa shape index (κ1) is 18.7. The molecule has 2 amide bonds. The highest BCUT2D eigenvalue weighted by molar-refractivity contribution is 6.05. The van der Waals surface area contributed by atoms with E-state index < -0.39 is 0 Å². The Hall–Kier alpha value is -2.67. The number of nitrogens with zero attached hydrogens (tertiary/aromatic N) is 1. The minimum atomic E-state index is -0.233. The van der Waals surface area contributed by atoms with Gasteiger partial charge in [-0.05, 0) is 43.5 Å². The number of carbonyl (C=O) groups excluding carboxylic acids is 2. The maximum Gasteiger partial charge on any atom is 0.276 e. The first-order valence-corrected chi connectivity index (χ1v) is 10.1. The molecule has 28 heavy (non-hydrogen) atoms. The molecule has 7 heteroatoms. The predicted molar refractivity (Wildman–Crippen MR) is 107 cm³/mol. The highest BCUT2D eigenvalue weighted by Crippen LogP contribution is 2.21. The van der Waals surface area contributed by atoms with E-state index >= 15 is 0 Å². The lowest BCUT2D eigenvalue weighted by Crippen LogP contribution is -2.36. The zero-order valence-corrected chi connectivity index (χ0v) is 16.2. The molecule has 2 aromatic rings. The van der Waals surface area contributed by atoms with Crippen LogP contribution in [0.4, 0.5) is 5.69 Å². The highest BCUT2D eigenvalue weighted by Gasteiger charge is 2.22. The number of aryl methyl sites for hydroxylation is 1. The maximum atomic E-state index is 12.7. The average Bonchev–Trinajstić information content (AvgIpc) is 3.14. The Morgan fingerprint density at radius 1 is 1.14 bits per heavy atom. The van der Waals surface area contributed by atoms with E-state index in [1.165, 1.54) is 19.3 Å². The van der Waals surface area contributed by atoms with Crippen molar-refractivity contribution in [1.29, 1.82) is 0 Å². The van der Waals surface area contributed by atoms with E-state index in [0.29, 0.717) is 23.5 Å². The molecule has 7 nitrogen and oxygen atoms in total. The Bertz CT molecular complexity index is 883. The molecule has 0 atom stereocenters. The number of benzene rings is 1. The molecule has 1 aliphatic heterocycles. The zero-order valence-electron chi connectivity index (χ0n) is 16.2. The van der Waals surface area contributed by atoms with Gasteiger partial charge in [0.15, 0.2) is 5.69 Å². The van der Waals surface area contributed by atoms with E-state index in [0.717, 1.165) is 42.6 Å². The van der Waals surface area contributed by atoms with Crippen LogP contribution in [0.3, 0.4) is 0 Å². The van der Waals surface area contributed by atoms with Crippen molar-refractivity contribution in [1.82, 2.24) is 20.8 Å². The molecule has 148 valence electrons. The molecular weight excluding hydrogens is 354 g/mol. The van der Waals surface area contributed by atoms with Gasteiger partial charge in [0.05, 0.1) is 0 Å². The number of anilines is 1.